The van der Waals surface area contributed by atoms with Gasteiger partial charge < -0.3 is 0 Å². The molecule has 0 saturated heterocycles. The van der Waals surface area contributed by atoms with Crippen molar-refractivity contribution in [2.24, 2.45) is 0 Å². The highest BCUT2D eigenvalue weighted by molar-refractivity contribution is 5.94. The summed E-state index contributed by atoms with van der Waals surface area (Å²) in [5.41, 5.74) is 6.37. The van der Waals surface area contributed by atoms with Crippen molar-refractivity contribution < 1.29 is 0 Å². The number of rotatable bonds is 2. The average Bonchev–Trinajstić information content (AvgIpc) is 3.15. The summed E-state index contributed by atoms with van der Waals surface area (Å²) >= 11 is 0. The third-order valence-electron chi connectivity index (χ3n) is 4.79. The largest absolute Gasteiger partial charge is 0.296 e. The fourth-order valence-electron chi connectivity index (χ4n) is 3.70. The lowest BCUT2D eigenvalue weighted by Gasteiger charge is -2.08. The molecule has 2 heterocycles. The van der Waals surface area contributed by atoms with Crippen LogP contribution in [0.25, 0.3) is 33.4 Å². The number of nitrogens with zero attached hydrogens (tertiary/aromatic N) is 4. The van der Waals surface area contributed by atoms with E-state index < -0.39 is 0 Å². The predicted octanol–water partition coefficient (Wildman–Crippen LogP) is 4.98. The van der Waals surface area contributed by atoms with Gasteiger partial charge in [0.05, 0.1) is 22.1 Å². The molecule has 0 unspecified atom stereocenters. The maximum atomic E-state index is 4.76. The van der Waals surface area contributed by atoms with Crippen LogP contribution in [0.15, 0.2) is 72.8 Å². The van der Waals surface area contributed by atoms with E-state index in [4.69, 9.17) is 9.97 Å². The van der Waals surface area contributed by atoms with E-state index in [-0.39, 0.29) is 0 Å². The third-order valence-corrected chi connectivity index (χ3v) is 4.79. The molecule has 0 saturated carbocycles. The van der Waals surface area contributed by atoms with Gasteiger partial charge in [-0.1, -0.05) is 36.4 Å². The Labute approximate surface area is 151 Å². The second-order valence-corrected chi connectivity index (χ2v) is 6.49. The summed E-state index contributed by atoms with van der Waals surface area (Å²) < 4.78 is 4.40. The van der Waals surface area contributed by atoms with E-state index >= 15 is 0 Å². The molecule has 0 aliphatic rings. The molecule has 0 fully saturated rings. The Morgan fingerprint density at radius 2 is 1.00 bits per heavy atom. The number of para-hydroxylation sites is 2. The van der Waals surface area contributed by atoms with Crippen LogP contribution in [0.3, 0.4) is 0 Å². The molecule has 0 spiro atoms. The Bertz CT molecular complexity index is 1140. The summed E-state index contributed by atoms with van der Waals surface area (Å²) in [5, 5.41) is 0. The standard InChI is InChI=1S/C22H18N4/c1-15-23-19-13-20-22(14-21(19)25(15)17-9-5-3-6-10-17)26(16(2)24-20)18-11-7-4-8-12-18/h3-14H,1-2H3. The van der Waals surface area contributed by atoms with Crippen molar-refractivity contribution in [2.45, 2.75) is 13.8 Å². The van der Waals surface area contributed by atoms with Crippen LogP contribution >= 0.6 is 0 Å². The molecule has 0 aliphatic heterocycles. The molecule has 0 amide bonds. The van der Waals surface area contributed by atoms with Crippen LogP contribution in [0.2, 0.25) is 0 Å². The molecule has 5 aromatic rings. The van der Waals surface area contributed by atoms with Gasteiger partial charge in [-0.25, -0.2) is 9.97 Å². The number of aryl methyl sites for hydroxylation is 2. The third kappa shape index (κ3) is 2.15. The number of benzene rings is 3. The minimum absolute atomic E-state index is 0.969. The Kier molecular flexibility index (Phi) is 3.19. The maximum Gasteiger partial charge on any atom is 0.111 e. The highest BCUT2D eigenvalue weighted by Gasteiger charge is 2.15. The van der Waals surface area contributed by atoms with Crippen LogP contribution in [-0.2, 0) is 0 Å². The molecule has 0 atom stereocenters. The minimum atomic E-state index is 0.969. The van der Waals surface area contributed by atoms with Crippen LogP contribution in [0.5, 0.6) is 0 Å². The highest BCUT2D eigenvalue weighted by Crippen LogP contribution is 2.28. The van der Waals surface area contributed by atoms with Crippen molar-refractivity contribution in [1.82, 2.24) is 19.1 Å². The molecule has 26 heavy (non-hydrogen) atoms. The van der Waals surface area contributed by atoms with Crippen molar-refractivity contribution in [3.63, 3.8) is 0 Å². The summed E-state index contributed by atoms with van der Waals surface area (Å²) in [6.07, 6.45) is 0. The van der Waals surface area contributed by atoms with E-state index in [1.54, 1.807) is 0 Å². The number of hydrogen-bond acceptors (Lipinski definition) is 2. The zero-order valence-electron chi connectivity index (χ0n) is 14.7. The zero-order chi connectivity index (χ0) is 17.7. The first-order valence-electron chi connectivity index (χ1n) is 8.71. The predicted molar refractivity (Wildman–Crippen MR) is 105 cm³/mol. The van der Waals surface area contributed by atoms with Gasteiger partial charge in [0.15, 0.2) is 0 Å². The molecular formula is C22H18N4. The molecule has 4 heteroatoms. The summed E-state index contributed by atoms with van der Waals surface area (Å²) in [5.74, 6) is 1.95. The molecule has 0 bridgehead atoms. The van der Waals surface area contributed by atoms with Gasteiger partial charge >= 0.3 is 0 Å². The molecule has 5 rings (SSSR count). The second kappa shape index (κ2) is 5.56. The van der Waals surface area contributed by atoms with Gasteiger partial charge in [0.1, 0.15) is 11.6 Å². The second-order valence-electron chi connectivity index (χ2n) is 6.49. The van der Waals surface area contributed by atoms with Crippen molar-refractivity contribution in [3.05, 3.63) is 84.4 Å². The Hall–Kier alpha value is -3.40. The minimum Gasteiger partial charge on any atom is -0.296 e. The van der Waals surface area contributed by atoms with Crippen LogP contribution in [0.4, 0.5) is 0 Å². The molecule has 0 aliphatic carbocycles. The van der Waals surface area contributed by atoms with E-state index in [1.165, 1.54) is 0 Å². The normalized spacial score (nSPS) is 11.5. The summed E-state index contributed by atoms with van der Waals surface area (Å²) in [6.45, 7) is 4.09. The first kappa shape index (κ1) is 14.9. The lowest BCUT2D eigenvalue weighted by molar-refractivity contribution is 0.993. The first-order valence-corrected chi connectivity index (χ1v) is 8.71. The lowest BCUT2D eigenvalue weighted by Crippen LogP contribution is -1.98. The van der Waals surface area contributed by atoms with E-state index in [1.807, 2.05) is 26.0 Å². The molecular weight excluding hydrogens is 320 g/mol. The number of imidazole rings is 2. The van der Waals surface area contributed by atoms with Crippen molar-refractivity contribution >= 4 is 22.1 Å². The van der Waals surface area contributed by atoms with Crippen LogP contribution in [-0.4, -0.2) is 19.1 Å². The molecule has 4 nitrogen and oxygen atoms in total. The fourth-order valence-corrected chi connectivity index (χ4v) is 3.70. The fraction of sp³-hybridized carbons (Fsp3) is 0.0909. The van der Waals surface area contributed by atoms with E-state index in [0.29, 0.717) is 0 Å². The van der Waals surface area contributed by atoms with E-state index in [9.17, 15) is 0 Å². The zero-order valence-corrected chi connectivity index (χ0v) is 14.7. The molecule has 2 aromatic heterocycles. The summed E-state index contributed by atoms with van der Waals surface area (Å²) in [4.78, 5) is 9.53. The van der Waals surface area contributed by atoms with Gasteiger partial charge in [0.2, 0.25) is 0 Å². The smallest absolute Gasteiger partial charge is 0.111 e. The molecule has 3 aromatic carbocycles. The maximum absolute atomic E-state index is 4.76. The van der Waals surface area contributed by atoms with Gasteiger partial charge in [-0.2, -0.15) is 0 Å². The van der Waals surface area contributed by atoms with Crippen molar-refractivity contribution in [2.75, 3.05) is 0 Å². The number of hydrogen-bond donors (Lipinski definition) is 0. The van der Waals surface area contributed by atoms with Gasteiger partial charge in [-0.15, -0.1) is 0 Å². The SMILES string of the molecule is Cc1nc2cc3nc(C)n(-c4ccccc4)c3cc2n1-c1ccccc1. The molecule has 0 radical (unpaired) electrons. The van der Waals surface area contributed by atoms with Gasteiger partial charge in [0, 0.05) is 11.4 Å². The van der Waals surface area contributed by atoms with E-state index in [0.717, 1.165) is 45.1 Å². The van der Waals surface area contributed by atoms with Gasteiger partial charge in [-0.05, 0) is 50.2 Å². The summed E-state index contributed by atoms with van der Waals surface area (Å²) in [7, 11) is 0. The molecule has 0 N–H and O–H groups in total. The Morgan fingerprint density at radius 1 is 0.577 bits per heavy atom. The van der Waals surface area contributed by atoms with Gasteiger partial charge in [-0.3, -0.25) is 9.13 Å². The average molecular weight is 338 g/mol. The number of fused-ring (bicyclic) bond motifs is 2. The molecule has 126 valence electrons. The van der Waals surface area contributed by atoms with Crippen LogP contribution < -0.4 is 0 Å². The van der Waals surface area contributed by atoms with Crippen LogP contribution in [0.1, 0.15) is 11.6 Å². The monoisotopic (exact) mass is 338 g/mol. The first-order chi connectivity index (χ1) is 12.7. The Balaban J connectivity index is 1.85. The number of aromatic nitrogens is 4. The van der Waals surface area contributed by atoms with E-state index in [2.05, 4.69) is 69.8 Å². The quantitative estimate of drug-likeness (QED) is 0.455. The van der Waals surface area contributed by atoms with Crippen molar-refractivity contribution in [1.29, 1.82) is 0 Å². The van der Waals surface area contributed by atoms with Crippen LogP contribution in [0, 0.1) is 13.8 Å². The Morgan fingerprint density at radius 3 is 1.42 bits per heavy atom. The highest BCUT2D eigenvalue weighted by atomic mass is 15.1. The van der Waals surface area contributed by atoms with Gasteiger partial charge in [0.25, 0.3) is 0 Å². The van der Waals surface area contributed by atoms with Crippen molar-refractivity contribution in [3.8, 4) is 11.4 Å². The topological polar surface area (TPSA) is 35.6 Å². The summed E-state index contributed by atoms with van der Waals surface area (Å²) in [6, 6.07) is 25.0. The lowest BCUT2D eigenvalue weighted by atomic mass is 10.2.